The molecule has 13 heavy (non-hydrogen) atoms. The lowest BCUT2D eigenvalue weighted by Gasteiger charge is -2.11. The summed E-state index contributed by atoms with van der Waals surface area (Å²) in [6, 6.07) is 1.89. The number of carbonyl (C=O) groups excluding carboxylic acids is 1. The number of nitriles is 1. The van der Waals surface area contributed by atoms with Crippen molar-refractivity contribution in [2.75, 3.05) is 11.9 Å². The van der Waals surface area contributed by atoms with Gasteiger partial charge >= 0.3 is 0 Å². The van der Waals surface area contributed by atoms with E-state index in [0.717, 1.165) is 0 Å². The van der Waals surface area contributed by atoms with Gasteiger partial charge in [-0.3, -0.25) is 9.69 Å². The Bertz CT molecular complexity index is 351. The van der Waals surface area contributed by atoms with E-state index in [1.165, 1.54) is 24.2 Å². The van der Waals surface area contributed by atoms with Crippen LogP contribution >= 0.6 is 0 Å². The zero-order valence-electron chi connectivity index (χ0n) is 7.35. The average Bonchev–Trinajstić information content (AvgIpc) is 2.17. The molecule has 0 spiro atoms. The maximum atomic E-state index is 10.9. The number of anilines is 1. The van der Waals surface area contributed by atoms with Crippen molar-refractivity contribution >= 4 is 11.9 Å². The van der Waals surface area contributed by atoms with Gasteiger partial charge in [-0.15, -0.1) is 0 Å². The number of rotatable bonds is 1. The Balaban J connectivity index is 2.93. The monoisotopic (exact) mass is 176 g/mol. The molecule has 0 aromatic carbocycles. The molecular formula is C8H8N4O. The number of carbonyl (C=O) groups is 1. The molecule has 0 fully saturated rings. The van der Waals surface area contributed by atoms with Gasteiger partial charge in [0.25, 0.3) is 0 Å². The van der Waals surface area contributed by atoms with Crippen molar-refractivity contribution in [1.29, 1.82) is 5.26 Å². The second-order valence-electron chi connectivity index (χ2n) is 2.46. The van der Waals surface area contributed by atoms with E-state index in [4.69, 9.17) is 5.26 Å². The van der Waals surface area contributed by atoms with Gasteiger partial charge in [-0.1, -0.05) is 0 Å². The van der Waals surface area contributed by atoms with Gasteiger partial charge in [0.1, 0.15) is 6.07 Å². The fraction of sp³-hybridized carbons (Fsp3) is 0.250. The fourth-order valence-corrected chi connectivity index (χ4v) is 0.693. The SMILES string of the molecule is CC(=O)N(C)c1ncc(C#N)cn1. The van der Waals surface area contributed by atoms with Gasteiger partial charge in [-0.25, -0.2) is 9.97 Å². The highest BCUT2D eigenvalue weighted by molar-refractivity contribution is 5.88. The number of hydrogen-bond acceptors (Lipinski definition) is 4. The molecular weight excluding hydrogens is 168 g/mol. The van der Waals surface area contributed by atoms with Crippen LogP contribution in [-0.4, -0.2) is 22.9 Å². The van der Waals surface area contributed by atoms with Crippen LogP contribution in [-0.2, 0) is 4.79 Å². The van der Waals surface area contributed by atoms with Gasteiger partial charge in [0.15, 0.2) is 0 Å². The Hall–Kier alpha value is -1.96. The Morgan fingerprint density at radius 3 is 2.46 bits per heavy atom. The number of amides is 1. The van der Waals surface area contributed by atoms with Crippen LogP contribution in [0.1, 0.15) is 12.5 Å². The molecule has 0 aliphatic rings. The Labute approximate surface area is 75.6 Å². The molecule has 0 saturated carbocycles. The first kappa shape index (κ1) is 9.13. The van der Waals surface area contributed by atoms with E-state index in [0.29, 0.717) is 11.5 Å². The van der Waals surface area contributed by atoms with Crippen molar-refractivity contribution in [2.45, 2.75) is 6.92 Å². The van der Waals surface area contributed by atoms with Crippen molar-refractivity contribution in [3.8, 4) is 6.07 Å². The first-order valence-corrected chi connectivity index (χ1v) is 3.61. The number of hydrogen-bond donors (Lipinski definition) is 0. The normalized spacial score (nSPS) is 9.00. The molecule has 0 saturated heterocycles. The van der Waals surface area contributed by atoms with Crippen molar-refractivity contribution < 1.29 is 4.79 Å². The summed E-state index contributed by atoms with van der Waals surface area (Å²) in [4.78, 5) is 19.9. The summed E-state index contributed by atoms with van der Waals surface area (Å²) in [5.41, 5.74) is 0.376. The van der Waals surface area contributed by atoms with Crippen molar-refractivity contribution in [2.24, 2.45) is 0 Å². The van der Waals surface area contributed by atoms with Crippen LogP contribution in [0.4, 0.5) is 5.95 Å². The lowest BCUT2D eigenvalue weighted by atomic mass is 10.4. The van der Waals surface area contributed by atoms with Gasteiger partial charge < -0.3 is 0 Å². The third-order valence-corrected chi connectivity index (χ3v) is 1.54. The standard InChI is InChI=1S/C8H8N4O/c1-6(13)12(2)8-10-4-7(3-9)5-11-8/h4-5H,1-2H3. The third kappa shape index (κ3) is 1.99. The summed E-state index contributed by atoms with van der Waals surface area (Å²) in [6.45, 7) is 1.42. The van der Waals surface area contributed by atoms with Crippen LogP contribution in [0.3, 0.4) is 0 Å². The minimum Gasteiger partial charge on any atom is -0.284 e. The third-order valence-electron chi connectivity index (χ3n) is 1.54. The molecule has 1 aromatic rings. The van der Waals surface area contributed by atoms with Gasteiger partial charge in [0.05, 0.1) is 18.0 Å². The average molecular weight is 176 g/mol. The molecule has 0 atom stereocenters. The molecule has 1 heterocycles. The molecule has 0 radical (unpaired) electrons. The van der Waals surface area contributed by atoms with E-state index >= 15 is 0 Å². The number of nitrogens with zero attached hydrogens (tertiary/aromatic N) is 4. The van der Waals surface area contributed by atoms with Crippen LogP contribution < -0.4 is 4.90 Å². The van der Waals surface area contributed by atoms with E-state index in [-0.39, 0.29) is 5.91 Å². The zero-order chi connectivity index (χ0) is 9.84. The highest BCUT2D eigenvalue weighted by atomic mass is 16.2. The second kappa shape index (κ2) is 3.63. The molecule has 66 valence electrons. The lowest BCUT2D eigenvalue weighted by molar-refractivity contribution is -0.116. The van der Waals surface area contributed by atoms with Gasteiger partial charge in [-0.05, 0) is 0 Å². The molecule has 0 bridgehead atoms. The first-order chi connectivity index (χ1) is 6.15. The molecule has 1 aromatic heterocycles. The molecule has 0 aliphatic carbocycles. The van der Waals surface area contributed by atoms with Crippen LogP contribution in [0.25, 0.3) is 0 Å². The summed E-state index contributed by atoms with van der Waals surface area (Å²) in [6.07, 6.45) is 2.75. The fourth-order valence-electron chi connectivity index (χ4n) is 0.693. The maximum Gasteiger partial charge on any atom is 0.231 e. The topological polar surface area (TPSA) is 69.9 Å². The zero-order valence-corrected chi connectivity index (χ0v) is 7.35. The van der Waals surface area contributed by atoms with Crippen molar-refractivity contribution in [1.82, 2.24) is 9.97 Å². The molecule has 0 unspecified atom stereocenters. The van der Waals surface area contributed by atoms with Gasteiger partial charge in [-0.2, -0.15) is 5.26 Å². The summed E-state index contributed by atoms with van der Waals surface area (Å²) >= 11 is 0. The largest absolute Gasteiger partial charge is 0.284 e. The second-order valence-corrected chi connectivity index (χ2v) is 2.46. The Kier molecular flexibility index (Phi) is 2.55. The quantitative estimate of drug-likeness (QED) is 0.618. The molecule has 0 aliphatic heterocycles. The molecule has 1 rings (SSSR count). The lowest BCUT2D eigenvalue weighted by Crippen LogP contribution is -2.24. The molecule has 1 amide bonds. The molecule has 5 nitrogen and oxygen atoms in total. The Morgan fingerprint density at radius 2 is 2.08 bits per heavy atom. The predicted octanol–water partition coefficient (Wildman–Crippen LogP) is 0.331. The van der Waals surface area contributed by atoms with Gasteiger partial charge in [0, 0.05) is 14.0 Å². The highest BCUT2D eigenvalue weighted by Crippen LogP contribution is 2.03. The maximum absolute atomic E-state index is 10.9. The van der Waals surface area contributed by atoms with Crippen molar-refractivity contribution in [3.63, 3.8) is 0 Å². The highest BCUT2D eigenvalue weighted by Gasteiger charge is 2.07. The Morgan fingerprint density at radius 1 is 1.54 bits per heavy atom. The van der Waals surface area contributed by atoms with E-state index in [1.54, 1.807) is 7.05 Å². The minimum absolute atomic E-state index is 0.148. The van der Waals surface area contributed by atoms with Crippen LogP contribution in [0.5, 0.6) is 0 Å². The molecule has 5 heteroatoms. The van der Waals surface area contributed by atoms with E-state index in [2.05, 4.69) is 9.97 Å². The van der Waals surface area contributed by atoms with Crippen molar-refractivity contribution in [3.05, 3.63) is 18.0 Å². The van der Waals surface area contributed by atoms with Gasteiger partial charge in [0.2, 0.25) is 11.9 Å². The molecule has 0 N–H and O–H groups in total. The summed E-state index contributed by atoms with van der Waals surface area (Å²) in [5.74, 6) is 0.149. The first-order valence-electron chi connectivity index (χ1n) is 3.61. The van der Waals surface area contributed by atoms with Crippen LogP contribution in [0, 0.1) is 11.3 Å². The van der Waals surface area contributed by atoms with E-state index < -0.39 is 0 Å². The predicted molar refractivity (Wildman–Crippen MR) is 45.8 cm³/mol. The minimum atomic E-state index is -0.148. The van der Waals surface area contributed by atoms with E-state index in [1.807, 2.05) is 6.07 Å². The summed E-state index contributed by atoms with van der Waals surface area (Å²) in [5, 5.41) is 8.47. The smallest absolute Gasteiger partial charge is 0.231 e. The summed E-state index contributed by atoms with van der Waals surface area (Å²) < 4.78 is 0. The van der Waals surface area contributed by atoms with Crippen LogP contribution in [0.15, 0.2) is 12.4 Å². The summed E-state index contributed by atoms with van der Waals surface area (Å²) in [7, 11) is 1.57. The van der Waals surface area contributed by atoms with Crippen LogP contribution in [0.2, 0.25) is 0 Å². The van der Waals surface area contributed by atoms with E-state index in [9.17, 15) is 4.79 Å². The number of aromatic nitrogens is 2.